The number of aromatic nitrogens is 1. The molecule has 4 rings (SSSR count). The average molecular weight is 402 g/mol. The molecule has 0 fully saturated rings. The lowest BCUT2D eigenvalue weighted by Crippen LogP contribution is -2.08. The van der Waals surface area contributed by atoms with Crippen molar-refractivity contribution in [3.8, 4) is 22.9 Å². The van der Waals surface area contributed by atoms with Crippen molar-refractivity contribution in [2.75, 3.05) is 19.0 Å². The van der Waals surface area contributed by atoms with E-state index in [-0.39, 0.29) is 0 Å². The van der Waals surface area contributed by atoms with Gasteiger partial charge in [0.15, 0.2) is 0 Å². The smallest absolute Gasteiger partial charge is 0.126 e. The van der Waals surface area contributed by atoms with Crippen LogP contribution in [0.2, 0.25) is 5.15 Å². The predicted molar refractivity (Wildman–Crippen MR) is 118 cm³/mol. The Bertz CT molecular complexity index is 1190. The van der Waals surface area contributed by atoms with Gasteiger partial charge >= 0.3 is 0 Å². The molecule has 0 atom stereocenters. The summed E-state index contributed by atoms with van der Waals surface area (Å²) in [6.45, 7) is 0.703. The lowest BCUT2D eigenvalue weighted by atomic mass is 10.0. The van der Waals surface area contributed by atoms with Gasteiger partial charge in [-0.1, -0.05) is 66.2 Å². The molecule has 2 aromatic carbocycles. The quantitative estimate of drug-likeness (QED) is 0.416. The number of nitrogens with one attached hydrogen (secondary N) is 1. The number of para-hydroxylation sites is 1. The molecule has 0 saturated heterocycles. The zero-order chi connectivity index (χ0) is 20.2. The van der Waals surface area contributed by atoms with Crippen LogP contribution in [0, 0.1) is 11.3 Å². The molecule has 0 spiro atoms. The zero-order valence-corrected chi connectivity index (χ0v) is 16.8. The number of hydrogen-bond donors (Lipinski definition) is 1. The normalized spacial score (nSPS) is 10.7. The molecule has 5 heteroatoms. The lowest BCUT2D eigenvalue weighted by Gasteiger charge is -2.13. The van der Waals surface area contributed by atoms with E-state index >= 15 is 0 Å². The third-order valence-corrected chi connectivity index (χ3v) is 5.24. The van der Waals surface area contributed by atoms with E-state index in [0.29, 0.717) is 23.0 Å². The molecule has 1 N–H and O–H groups in total. The van der Waals surface area contributed by atoms with Gasteiger partial charge in [0.1, 0.15) is 22.8 Å². The van der Waals surface area contributed by atoms with E-state index in [0.717, 1.165) is 28.9 Å². The first-order chi connectivity index (χ1) is 14.2. The first-order valence-electron chi connectivity index (χ1n) is 9.38. The van der Waals surface area contributed by atoms with Gasteiger partial charge in [0.05, 0.1) is 18.2 Å². The van der Waals surface area contributed by atoms with Crippen LogP contribution in [0.15, 0.2) is 72.8 Å². The fraction of sp³-hybridized carbons (Fsp3) is 0.125. The maximum atomic E-state index is 9.97. The van der Waals surface area contributed by atoms with Gasteiger partial charge in [-0.2, -0.15) is 5.26 Å². The molecule has 0 aliphatic rings. The SMILES string of the molecule is COc1ccccc1-c1c(C#N)c2cccc(Cl)n2c1NCCc1ccccc1. The van der Waals surface area contributed by atoms with Crippen LogP contribution in [0.4, 0.5) is 5.82 Å². The molecular weight excluding hydrogens is 382 g/mol. The summed E-state index contributed by atoms with van der Waals surface area (Å²) in [6.07, 6.45) is 0.853. The molecule has 4 nitrogen and oxygen atoms in total. The molecule has 2 heterocycles. The minimum absolute atomic E-state index is 0.544. The van der Waals surface area contributed by atoms with Crippen molar-refractivity contribution in [3.63, 3.8) is 0 Å². The highest BCUT2D eigenvalue weighted by Gasteiger charge is 2.23. The van der Waals surface area contributed by atoms with Crippen LogP contribution in [0.1, 0.15) is 11.1 Å². The number of fused-ring (bicyclic) bond motifs is 1. The molecule has 0 saturated carbocycles. The summed E-state index contributed by atoms with van der Waals surface area (Å²) in [5, 5.41) is 14.0. The largest absolute Gasteiger partial charge is 0.496 e. The molecule has 29 heavy (non-hydrogen) atoms. The second kappa shape index (κ2) is 8.30. The van der Waals surface area contributed by atoms with E-state index < -0.39 is 0 Å². The van der Waals surface area contributed by atoms with Crippen molar-refractivity contribution in [3.05, 3.63) is 89.1 Å². The number of nitrogens with zero attached hydrogens (tertiary/aromatic N) is 2. The fourth-order valence-corrected chi connectivity index (χ4v) is 3.88. The van der Waals surface area contributed by atoms with Crippen molar-refractivity contribution in [1.29, 1.82) is 5.26 Å². The van der Waals surface area contributed by atoms with Crippen molar-refractivity contribution >= 4 is 22.9 Å². The predicted octanol–water partition coefficient (Wildman–Crippen LogP) is 5.79. The summed E-state index contributed by atoms with van der Waals surface area (Å²) in [6, 6.07) is 26.0. The number of pyridine rings is 1. The highest BCUT2D eigenvalue weighted by Crippen LogP contribution is 2.42. The van der Waals surface area contributed by atoms with Gasteiger partial charge in [0.25, 0.3) is 0 Å². The Kier molecular flexibility index (Phi) is 5.41. The summed E-state index contributed by atoms with van der Waals surface area (Å²) in [5.41, 5.74) is 4.23. The van der Waals surface area contributed by atoms with Gasteiger partial charge in [-0.05, 0) is 30.2 Å². The van der Waals surface area contributed by atoms with Crippen molar-refractivity contribution < 1.29 is 4.74 Å². The molecule has 4 aromatic rings. The van der Waals surface area contributed by atoms with E-state index in [9.17, 15) is 5.26 Å². The second-order valence-corrected chi connectivity index (χ2v) is 7.03. The number of benzene rings is 2. The van der Waals surface area contributed by atoms with Gasteiger partial charge in [-0.25, -0.2) is 0 Å². The number of hydrogen-bond acceptors (Lipinski definition) is 3. The van der Waals surface area contributed by atoms with Crippen LogP contribution < -0.4 is 10.1 Å². The third kappa shape index (κ3) is 3.53. The van der Waals surface area contributed by atoms with Crippen LogP contribution in [0.25, 0.3) is 16.6 Å². The Balaban J connectivity index is 1.86. The maximum absolute atomic E-state index is 9.97. The third-order valence-electron chi connectivity index (χ3n) is 4.95. The summed E-state index contributed by atoms with van der Waals surface area (Å²) in [5.74, 6) is 1.50. The number of nitriles is 1. The van der Waals surface area contributed by atoms with Crippen LogP contribution in [0.5, 0.6) is 5.75 Å². The fourth-order valence-electron chi connectivity index (χ4n) is 3.63. The molecule has 0 unspecified atom stereocenters. The van der Waals surface area contributed by atoms with Gasteiger partial charge in [-0.3, -0.25) is 4.40 Å². The molecule has 0 radical (unpaired) electrons. The monoisotopic (exact) mass is 401 g/mol. The van der Waals surface area contributed by atoms with Gasteiger partial charge in [-0.15, -0.1) is 0 Å². The van der Waals surface area contributed by atoms with E-state index in [1.54, 1.807) is 7.11 Å². The molecule has 0 aliphatic carbocycles. The first kappa shape index (κ1) is 18.9. The lowest BCUT2D eigenvalue weighted by molar-refractivity contribution is 0.416. The van der Waals surface area contributed by atoms with Crippen LogP contribution >= 0.6 is 11.6 Å². The molecule has 0 amide bonds. The van der Waals surface area contributed by atoms with E-state index in [4.69, 9.17) is 16.3 Å². The number of ether oxygens (including phenoxy) is 1. The molecular formula is C24H20ClN3O. The van der Waals surface area contributed by atoms with Crippen LogP contribution in [-0.2, 0) is 6.42 Å². The molecule has 144 valence electrons. The highest BCUT2D eigenvalue weighted by molar-refractivity contribution is 6.30. The Labute approximate surface area is 174 Å². The van der Waals surface area contributed by atoms with Crippen molar-refractivity contribution in [2.24, 2.45) is 0 Å². The summed E-state index contributed by atoms with van der Waals surface area (Å²) in [7, 11) is 1.64. The number of halogens is 1. The van der Waals surface area contributed by atoms with Gasteiger partial charge in [0.2, 0.25) is 0 Å². The maximum Gasteiger partial charge on any atom is 0.126 e. The number of methoxy groups -OCH3 is 1. The summed E-state index contributed by atoms with van der Waals surface area (Å²) in [4.78, 5) is 0. The molecule has 0 aliphatic heterocycles. The number of anilines is 1. The average Bonchev–Trinajstić information content (AvgIpc) is 3.09. The highest BCUT2D eigenvalue weighted by atomic mass is 35.5. The zero-order valence-electron chi connectivity index (χ0n) is 16.0. The van der Waals surface area contributed by atoms with Crippen LogP contribution in [0.3, 0.4) is 0 Å². The van der Waals surface area contributed by atoms with Crippen molar-refractivity contribution in [2.45, 2.75) is 6.42 Å². The standard InChI is InChI=1S/C24H20ClN3O/c1-29-21-12-6-5-10-18(21)23-19(16-26)20-11-7-13-22(25)28(20)24(23)27-15-14-17-8-3-2-4-9-17/h2-13,27H,14-15H2,1H3. The van der Waals surface area contributed by atoms with Crippen molar-refractivity contribution in [1.82, 2.24) is 4.40 Å². The Morgan fingerprint density at radius 3 is 2.52 bits per heavy atom. The Morgan fingerprint density at radius 2 is 1.76 bits per heavy atom. The van der Waals surface area contributed by atoms with Gasteiger partial charge < -0.3 is 10.1 Å². The van der Waals surface area contributed by atoms with E-state index in [1.807, 2.05) is 65.1 Å². The Hall–Kier alpha value is -3.42. The van der Waals surface area contributed by atoms with E-state index in [1.165, 1.54) is 5.56 Å². The number of rotatable bonds is 6. The second-order valence-electron chi connectivity index (χ2n) is 6.64. The minimum atomic E-state index is 0.544. The van der Waals surface area contributed by atoms with E-state index in [2.05, 4.69) is 23.5 Å². The Morgan fingerprint density at radius 1 is 1.00 bits per heavy atom. The summed E-state index contributed by atoms with van der Waals surface area (Å²) >= 11 is 6.54. The minimum Gasteiger partial charge on any atom is -0.496 e. The molecule has 2 aromatic heterocycles. The molecule has 0 bridgehead atoms. The summed E-state index contributed by atoms with van der Waals surface area (Å²) < 4.78 is 7.47. The van der Waals surface area contributed by atoms with Crippen LogP contribution in [-0.4, -0.2) is 18.1 Å². The first-order valence-corrected chi connectivity index (χ1v) is 9.76. The van der Waals surface area contributed by atoms with Gasteiger partial charge in [0, 0.05) is 17.7 Å². The topological polar surface area (TPSA) is 49.5 Å².